The van der Waals surface area contributed by atoms with Crippen LogP contribution in [0.25, 0.3) is 22.3 Å². The predicted octanol–water partition coefficient (Wildman–Crippen LogP) is 4.46. The highest BCUT2D eigenvalue weighted by molar-refractivity contribution is 6.02. The molecule has 0 bridgehead atoms. The Morgan fingerprint density at radius 1 is 1.25 bits per heavy atom. The van der Waals surface area contributed by atoms with Crippen LogP contribution in [0, 0.1) is 17.7 Å². The number of amides is 1. The molecule has 0 saturated heterocycles. The maximum absolute atomic E-state index is 13.5. The molecule has 0 spiro atoms. The molecule has 2 heterocycles. The zero-order valence-corrected chi connectivity index (χ0v) is 15.9. The number of rotatable bonds is 4. The molecule has 1 saturated carbocycles. The molecular weight excluding hydrogens is 355 g/mol. The number of nitrogens with two attached hydrogens (primary N) is 1. The molecule has 1 aliphatic rings. The number of H-pyrrole nitrogens is 1. The number of hydrogen-bond donors (Lipinski definition) is 3. The summed E-state index contributed by atoms with van der Waals surface area (Å²) in [5.41, 5.74) is 8.89. The SMILES string of the molecule is C[C@H](N)C1CCC(C(=O)Nc2ccnc3[nH]c(-c4cccc(F)c4)cc23)CC1. The zero-order chi connectivity index (χ0) is 19.7. The van der Waals surface area contributed by atoms with Crippen LogP contribution >= 0.6 is 0 Å². The molecule has 1 fully saturated rings. The van der Waals surface area contributed by atoms with Crippen LogP contribution in [0.2, 0.25) is 0 Å². The van der Waals surface area contributed by atoms with Gasteiger partial charge in [-0.05, 0) is 62.8 Å². The van der Waals surface area contributed by atoms with E-state index in [0.29, 0.717) is 11.6 Å². The molecule has 1 aliphatic carbocycles. The highest BCUT2D eigenvalue weighted by atomic mass is 19.1. The fourth-order valence-corrected chi connectivity index (χ4v) is 4.09. The monoisotopic (exact) mass is 380 g/mol. The van der Waals surface area contributed by atoms with Gasteiger partial charge in [-0.2, -0.15) is 0 Å². The van der Waals surface area contributed by atoms with E-state index in [2.05, 4.69) is 15.3 Å². The number of anilines is 1. The number of nitrogens with zero attached hydrogens (tertiary/aromatic N) is 1. The molecule has 1 amide bonds. The van der Waals surface area contributed by atoms with Crippen molar-refractivity contribution in [2.24, 2.45) is 17.6 Å². The Kier molecular flexibility index (Phi) is 5.13. The van der Waals surface area contributed by atoms with Crippen molar-refractivity contribution in [2.75, 3.05) is 5.32 Å². The van der Waals surface area contributed by atoms with Gasteiger partial charge in [-0.3, -0.25) is 4.79 Å². The van der Waals surface area contributed by atoms with Crippen molar-refractivity contribution >= 4 is 22.6 Å². The lowest BCUT2D eigenvalue weighted by Gasteiger charge is -2.30. The first-order chi connectivity index (χ1) is 13.5. The van der Waals surface area contributed by atoms with Gasteiger partial charge < -0.3 is 16.0 Å². The Balaban J connectivity index is 1.54. The molecule has 0 unspecified atom stereocenters. The zero-order valence-electron chi connectivity index (χ0n) is 15.9. The van der Waals surface area contributed by atoms with E-state index < -0.39 is 0 Å². The topological polar surface area (TPSA) is 83.8 Å². The van der Waals surface area contributed by atoms with Crippen LogP contribution < -0.4 is 11.1 Å². The number of pyridine rings is 1. The Bertz CT molecular complexity index is 989. The molecule has 6 heteroatoms. The van der Waals surface area contributed by atoms with Gasteiger partial charge in [0.25, 0.3) is 0 Å². The molecule has 0 aliphatic heterocycles. The normalized spacial score (nSPS) is 20.8. The van der Waals surface area contributed by atoms with E-state index in [1.165, 1.54) is 12.1 Å². The summed E-state index contributed by atoms with van der Waals surface area (Å²) in [6.07, 6.45) is 5.39. The highest BCUT2D eigenvalue weighted by Crippen LogP contribution is 2.32. The summed E-state index contributed by atoms with van der Waals surface area (Å²) < 4.78 is 13.5. The Morgan fingerprint density at radius 2 is 2.04 bits per heavy atom. The van der Waals surface area contributed by atoms with Crippen molar-refractivity contribution < 1.29 is 9.18 Å². The summed E-state index contributed by atoms with van der Waals surface area (Å²) in [4.78, 5) is 20.3. The van der Waals surface area contributed by atoms with Gasteiger partial charge in [-0.1, -0.05) is 12.1 Å². The van der Waals surface area contributed by atoms with E-state index >= 15 is 0 Å². The second-order valence-electron chi connectivity index (χ2n) is 7.77. The number of halogens is 1. The van der Waals surface area contributed by atoms with Crippen molar-refractivity contribution in [3.63, 3.8) is 0 Å². The van der Waals surface area contributed by atoms with Crippen molar-refractivity contribution in [3.8, 4) is 11.3 Å². The van der Waals surface area contributed by atoms with Crippen LogP contribution in [-0.2, 0) is 4.79 Å². The largest absolute Gasteiger partial charge is 0.339 e. The van der Waals surface area contributed by atoms with Crippen LogP contribution in [0.5, 0.6) is 0 Å². The van der Waals surface area contributed by atoms with E-state index in [1.54, 1.807) is 18.3 Å². The van der Waals surface area contributed by atoms with Gasteiger partial charge in [0.1, 0.15) is 11.5 Å². The summed E-state index contributed by atoms with van der Waals surface area (Å²) >= 11 is 0. The molecule has 1 aromatic carbocycles. The quantitative estimate of drug-likeness (QED) is 0.625. The number of carbonyl (C=O) groups excluding carboxylic acids is 1. The fraction of sp³-hybridized carbons (Fsp3) is 0.364. The minimum absolute atomic E-state index is 0.0137. The van der Waals surface area contributed by atoms with Crippen LogP contribution in [0.3, 0.4) is 0 Å². The number of aromatic amines is 1. The van der Waals surface area contributed by atoms with Gasteiger partial charge in [0, 0.05) is 34.8 Å². The minimum atomic E-state index is -0.292. The van der Waals surface area contributed by atoms with Crippen molar-refractivity contribution in [3.05, 3.63) is 48.4 Å². The number of carbonyl (C=O) groups is 1. The average Bonchev–Trinajstić information content (AvgIpc) is 3.13. The van der Waals surface area contributed by atoms with Gasteiger partial charge >= 0.3 is 0 Å². The molecular formula is C22H25FN4O. The van der Waals surface area contributed by atoms with E-state index in [-0.39, 0.29) is 23.7 Å². The number of aromatic nitrogens is 2. The molecule has 2 aromatic heterocycles. The Morgan fingerprint density at radius 3 is 2.75 bits per heavy atom. The summed E-state index contributed by atoms with van der Waals surface area (Å²) in [5, 5.41) is 3.89. The molecule has 3 aromatic rings. The second kappa shape index (κ2) is 7.72. The molecule has 1 atom stereocenters. The minimum Gasteiger partial charge on any atom is -0.339 e. The van der Waals surface area contributed by atoms with Crippen LogP contribution in [0.15, 0.2) is 42.6 Å². The molecule has 4 rings (SSSR count). The fourth-order valence-electron chi connectivity index (χ4n) is 4.09. The van der Waals surface area contributed by atoms with Gasteiger partial charge in [-0.15, -0.1) is 0 Å². The third kappa shape index (κ3) is 3.78. The van der Waals surface area contributed by atoms with E-state index in [9.17, 15) is 9.18 Å². The van der Waals surface area contributed by atoms with Crippen LogP contribution in [0.1, 0.15) is 32.6 Å². The van der Waals surface area contributed by atoms with Gasteiger partial charge in [0.05, 0.1) is 5.69 Å². The van der Waals surface area contributed by atoms with Crippen LogP contribution in [-0.4, -0.2) is 21.9 Å². The smallest absolute Gasteiger partial charge is 0.227 e. The first kappa shape index (κ1) is 18.6. The summed E-state index contributed by atoms with van der Waals surface area (Å²) in [6.45, 7) is 2.04. The predicted molar refractivity (Wildman–Crippen MR) is 109 cm³/mol. The van der Waals surface area contributed by atoms with Gasteiger partial charge in [0.2, 0.25) is 5.91 Å². The first-order valence-electron chi connectivity index (χ1n) is 9.81. The molecule has 146 valence electrons. The number of fused-ring (bicyclic) bond motifs is 1. The summed E-state index contributed by atoms with van der Waals surface area (Å²) in [7, 11) is 0. The van der Waals surface area contributed by atoms with Crippen molar-refractivity contribution in [2.45, 2.75) is 38.6 Å². The van der Waals surface area contributed by atoms with E-state index in [1.807, 2.05) is 19.1 Å². The summed E-state index contributed by atoms with van der Waals surface area (Å²) in [6, 6.07) is 10.3. The summed E-state index contributed by atoms with van der Waals surface area (Å²) in [5.74, 6) is 0.277. The lowest BCUT2D eigenvalue weighted by Crippen LogP contribution is -2.33. The number of nitrogens with one attached hydrogen (secondary N) is 2. The van der Waals surface area contributed by atoms with Gasteiger partial charge in [-0.25, -0.2) is 9.37 Å². The first-order valence-corrected chi connectivity index (χ1v) is 9.81. The number of benzene rings is 1. The Hall–Kier alpha value is -2.73. The lowest BCUT2D eigenvalue weighted by atomic mass is 9.79. The average molecular weight is 380 g/mol. The Labute approximate surface area is 163 Å². The molecule has 0 radical (unpaired) electrons. The van der Waals surface area contributed by atoms with Crippen LogP contribution in [0.4, 0.5) is 10.1 Å². The standard InChI is InChI=1S/C22H25FN4O/c1-13(24)14-5-7-15(8-6-14)22(28)27-19-9-10-25-21-18(19)12-20(26-21)16-3-2-4-17(23)11-16/h2-4,9-15H,5-8,24H2,1H3,(H2,25,26,27,28)/t13-,14?,15?/m0/s1. The maximum Gasteiger partial charge on any atom is 0.227 e. The number of hydrogen-bond acceptors (Lipinski definition) is 3. The molecule has 28 heavy (non-hydrogen) atoms. The lowest BCUT2D eigenvalue weighted by molar-refractivity contribution is -0.121. The van der Waals surface area contributed by atoms with Crippen molar-refractivity contribution in [1.82, 2.24) is 9.97 Å². The van der Waals surface area contributed by atoms with E-state index in [0.717, 1.165) is 48.0 Å². The van der Waals surface area contributed by atoms with Crippen molar-refractivity contribution in [1.29, 1.82) is 0 Å². The third-order valence-electron chi connectivity index (χ3n) is 5.81. The molecule has 4 N–H and O–H groups in total. The third-order valence-corrected chi connectivity index (χ3v) is 5.81. The van der Waals surface area contributed by atoms with Gasteiger partial charge in [0.15, 0.2) is 0 Å². The highest BCUT2D eigenvalue weighted by Gasteiger charge is 2.28. The molecule has 5 nitrogen and oxygen atoms in total. The maximum atomic E-state index is 13.5. The second-order valence-corrected chi connectivity index (χ2v) is 7.77. The van der Waals surface area contributed by atoms with E-state index in [4.69, 9.17) is 5.73 Å².